The van der Waals surface area contributed by atoms with Crippen molar-refractivity contribution >= 4 is 40.3 Å². The van der Waals surface area contributed by atoms with Crippen molar-refractivity contribution in [3.8, 4) is 5.75 Å². The predicted octanol–water partition coefficient (Wildman–Crippen LogP) is 3.09. The molecule has 11 nitrogen and oxygen atoms in total. The fourth-order valence-corrected chi connectivity index (χ4v) is 8.79. The van der Waals surface area contributed by atoms with Gasteiger partial charge in [0.05, 0.1) is 35.2 Å². The highest BCUT2D eigenvalue weighted by Gasteiger charge is 2.72. The highest BCUT2D eigenvalue weighted by molar-refractivity contribution is 6.32. The van der Waals surface area contributed by atoms with Crippen LogP contribution in [0.15, 0.2) is 54.2 Å². The number of nitrogens with one attached hydrogen (secondary N) is 1. The molecule has 4 aliphatic carbocycles. The second kappa shape index (κ2) is 12.5. The molecule has 2 unspecified atom stereocenters. The zero-order valence-corrected chi connectivity index (χ0v) is 28.3. The molecule has 49 heavy (non-hydrogen) atoms. The Kier molecular flexibility index (Phi) is 8.75. The summed E-state index contributed by atoms with van der Waals surface area (Å²) >= 11 is 0. The third-order valence-corrected chi connectivity index (χ3v) is 11.4. The molecule has 0 aromatic heterocycles. The predicted molar refractivity (Wildman–Crippen MR) is 182 cm³/mol. The van der Waals surface area contributed by atoms with E-state index in [1.807, 2.05) is 12.2 Å². The second-order valence-electron chi connectivity index (χ2n) is 14.1. The van der Waals surface area contributed by atoms with Gasteiger partial charge in [0.15, 0.2) is 34.7 Å². The Labute approximate surface area is 284 Å². The first kappa shape index (κ1) is 34.4. The number of aliphatic hydroxyl groups excluding tert-OH is 1. The van der Waals surface area contributed by atoms with Crippen LogP contribution >= 0.6 is 0 Å². The number of nitrogens with two attached hydrogens (primary N) is 1. The van der Waals surface area contributed by atoms with E-state index in [0.717, 1.165) is 24.0 Å². The van der Waals surface area contributed by atoms with Crippen LogP contribution in [0.2, 0.25) is 0 Å². The van der Waals surface area contributed by atoms with Crippen molar-refractivity contribution in [1.29, 1.82) is 0 Å². The van der Waals surface area contributed by atoms with Gasteiger partial charge in [0, 0.05) is 11.6 Å². The van der Waals surface area contributed by atoms with Gasteiger partial charge in [-0.05, 0) is 79.6 Å². The lowest BCUT2D eigenvalue weighted by Gasteiger charge is -2.56. The SMILES string of the molecule is CCC(CC)c1ccc(C2=CC(Nc3ccc4c(c3O)C(=O)C3C(=O)[C@]5(O)C(=O)C(C(N)=O)C(=O)[C@@H](N(C)C)[C@@H]5[C@@H](O)[C@@H]3[C@H]4C)=CC2)cc1. The molecule has 4 aliphatic rings. The number of amides is 1. The van der Waals surface area contributed by atoms with Crippen molar-refractivity contribution in [1.82, 2.24) is 4.90 Å². The number of primary amides is 1. The number of fused-ring (bicyclic) bond motifs is 3. The second-order valence-corrected chi connectivity index (χ2v) is 14.1. The number of ketones is 4. The van der Waals surface area contributed by atoms with Crippen LogP contribution in [0.3, 0.4) is 0 Å². The molecule has 2 aromatic rings. The first-order chi connectivity index (χ1) is 23.2. The van der Waals surface area contributed by atoms with Crippen LogP contribution in [0.5, 0.6) is 5.75 Å². The van der Waals surface area contributed by atoms with E-state index in [1.54, 1.807) is 19.1 Å². The number of aromatic hydroxyl groups is 1. The van der Waals surface area contributed by atoms with E-state index in [0.29, 0.717) is 23.6 Å². The summed E-state index contributed by atoms with van der Waals surface area (Å²) in [6, 6.07) is 10.4. The van der Waals surface area contributed by atoms with Crippen LogP contribution in [0.25, 0.3) is 5.57 Å². The molecule has 11 heteroatoms. The number of carbonyl (C=O) groups excluding carboxylic acids is 5. The van der Waals surface area contributed by atoms with Crippen molar-refractivity contribution in [3.05, 3.63) is 76.5 Å². The molecule has 0 aliphatic heterocycles. The van der Waals surface area contributed by atoms with Crippen LogP contribution in [0.1, 0.15) is 78.9 Å². The molecule has 258 valence electrons. The number of Topliss-reactive ketones (excluding diaryl/α,β-unsaturated/α-hetero) is 4. The topological polar surface area (TPSA) is 187 Å². The van der Waals surface area contributed by atoms with Gasteiger partial charge < -0.3 is 26.4 Å². The average molecular weight is 670 g/mol. The maximum atomic E-state index is 14.2. The van der Waals surface area contributed by atoms with E-state index in [4.69, 9.17) is 5.73 Å². The molecule has 0 saturated heterocycles. The minimum Gasteiger partial charge on any atom is -0.505 e. The van der Waals surface area contributed by atoms with E-state index in [9.17, 15) is 39.3 Å². The van der Waals surface area contributed by atoms with Crippen LogP contribution in [-0.4, -0.2) is 81.1 Å². The Hall–Kier alpha value is -4.45. The van der Waals surface area contributed by atoms with Crippen molar-refractivity contribution in [2.45, 2.75) is 69.6 Å². The zero-order chi connectivity index (χ0) is 35.7. The molecule has 6 N–H and O–H groups in total. The van der Waals surface area contributed by atoms with E-state index >= 15 is 0 Å². The molecule has 8 atom stereocenters. The Bertz CT molecular complexity index is 1820. The van der Waals surface area contributed by atoms with Gasteiger partial charge in [-0.3, -0.25) is 28.9 Å². The number of phenols is 1. The van der Waals surface area contributed by atoms with Gasteiger partial charge in [0.2, 0.25) is 5.91 Å². The van der Waals surface area contributed by atoms with E-state index in [2.05, 4.69) is 43.4 Å². The number of phenolic OH excluding ortho intramolecular Hbond substituents is 1. The van der Waals surface area contributed by atoms with Gasteiger partial charge in [-0.25, -0.2) is 0 Å². The highest BCUT2D eigenvalue weighted by Crippen LogP contribution is 2.55. The summed E-state index contributed by atoms with van der Waals surface area (Å²) in [5.74, 6) is -13.0. The van der Waals surface area contributed by atoms with Gasteiger partial charge in [-0.2, -0.15) is 0 Å². The van der Waals surface area contributed by atoms with Crippen LogP contribution in [-0.2, 0) is 19.2 Å². The summed E-state index contributed by atoms with van der Waals surface area (Å²) < 4.78 is 0. The summed E-state index contributed by atoms with van der Waals surface area (Å²) in [6.07, 6.45) is 5.05. The summed E-state index contributed by atoms with van der Waals surface area (Å²) in [7, 11) is 2.92. The van der Waals surface area contributed by atoms with Crippen molar-refractivity contribution in [3.63, 3.8) is 0 Å². The summed E-state index contributed by atoms with van der Waals surface area (Å²) in [6.45, 7) is 6.05. The number of likely N-dealkylation sites (N-methyl/N-ethyl adjacent to an activating group) is 1. The Morgan fingerprint density at radius 1 is 1.04 bits per heavy atom. The van der Waals surface area contributed by atoms with E-state index in [-0.39, 0.29) is 11.3 Å². The fraction of sp³-hybridized carbons (Fsp3) is 0.447. The molecule has 0 bridgehead atoms. The molecule has 2 saturated carbocycles. The fourth-order valence-electron chi connectivity index (χ4n) is 8.79. The van der Waals surface area contributed by atoms with Gasteiger partial charge in [-0.15, -0.1) is 0 Å². The molecule has 2 aromatic carbocycles. The Balaban J connectivity index is 1.33. The summed E-state index contributed by atoms with van der Waals surface area (Å²) in [4.78, 5) is 68.9. The number of anilines is 1. The number of benzene rings is 2. The van der Waals surface area contributed by atoms with Gasteiger partial charge in [0.1, 0.15) is 5.75 Å². The molecule has 6 rings (SSSR count). The van der Waals surface area contributed by atoms with Gasteiger partial charge >= 0.3 is 0 Å². The number of allylic oxidation sites excluding steroid dienone is 3. The Morgan fingerprint density at radius 2 is 1.69 bits per heavy atom. The smallest absolute Gasteiger partial charge is 0.235 e. The molecule has 0 radical (unpaired) electrons. The number of rotatable bonds is 8. The molecule has 2 fully saturated rings. The van der Waals surface area contributed by atoms with E-state index in [1.165, 1.54) is 24.6 Å². The minimum absolute atomic E-state index is 0.156. The maximum Gasteiger partial charge on any atom is 0.235 e. The van der Waals surface area contributed by atoms with E-state index < -0.39 is 82.1 Å². The lowest BCUT2D eigenvalue weighted by atomic mass is 9.49. The zero-order valence-electron chi connectivity index (χ0n) is 28.3. The minimum atomic E-state index is -3.04. The first-order valence-corrected chi connectivity index (χ1v) is 16.9. The molecular weight excluding hydrogens is 626 g/mol. The third kappa shape index (κ3) is 5.09. The number of aliphatic hydroxyl groups is 2. The number of hydrogen-bond donors (Lipinski definition) is 5. The quantitative estimate of drug-likeness (QED) is 0.207. The first-order valence-electron chi connectivity index (χ1n) is 16.9. The molecular formula is C38H43N3O8. The normalized spacial score (nSPS) is 30.9. The molecule has 1 amide bonds. The lowest BCUT2D eigenvalue weighted by molar-refractivity contribution is -0.196. The molecule has 0 heterocycles. The number of carbonyl (C=O) groups is 5. The van der Waals surface area contributed by atoms with Crippen LogP contribution in [0.4, 0.5) is 5.69 Å². The van der Waals surface area contributed by atoms with Crippen LogP contribution in [0, 0.1) is 23.7 Å². The van der Waals surface area contributed by atoms with Gasteiger partial charge in [0.25, 0.3) is 0 Å². The van der Waals surface area contributed by atoms with Crippen molar-refractivity contribution in [2.75, 3.05) is 19.4 Å². The van der Waals surface area contributed by atoms with Crippen LogP contribution < -0.4 is 11.1 Å². The maximum absolute atomic E-state index is 14.2. The highest BCUT2D eigenvalue weighted by atomic mass is 16.3. The standard InChI is InChI=1S/C38H43N3O8/c1-6-18(7-2)19-8-10-20(11-9-19)21-12-13-22(16-21)40-24-15-14-23-17(3)25-27(32(43)26(23)31(24)42)35(46)38(49)29(33(25)44)30(41(4)5)34(45)28(36(38)47)37(39)48/h8-11,13-18,25,27-30,33,40,42,44,49H,6-7,12H2,1-5H3,(H2,39,48)/t17-,25+,27?,28?,29+,30-,33-,38-/m0/s1. The number of nitrogens with zero attached hydrogens (tertiary/aromatic N) is 1. The largest absolute Gasteiger partial charge is 0.505 e. The summed E-state index contributed by atoms with van der Waals surface area (Å²) in [5, 5.41) is 38.3. The number of hydrogen-bond acceptors (Lipinski definition) is 10. The average Bonchev–Trinajstić information content (AvgIpc) is 3.53. The Morgan fingerprint density at radius 3 is 2.29 bits per heavy atom. The van der Waals surface area contributed by atoms with Crippen molar-refractivity contribution in [2.24, 2.45) is 29.4 Å². The summed E-state index contributed by atoms with van der Waals surface area (Å²) in [5.41, 5.74) is 6.95. The van der Waals surface area contributed by atoms with Crippen molar-refractivity contribution < 1.29 is 39.3 Å². The third-order valence-electron chi connectivity index (χ3n) is 11.4. The monoisotopic (exact) mass is 669 g/mol. The lowest BCUT2D eigenvalue weighted by Crippen LogP contribution is -2.77. The van der Waals surface area contributed by atoms with Gasteiger partial charge in [-0.1, -0.05) is 57.2 Å². The molecule has 0 spiro atoms.